The highest BCUT2D eigenvalue weighted by Gasteiger charge is 2.41. The van der Waals surface area contributed by atoms with Gasteiger partial charge in [0.2, 0.25) is 0 Å². The largest absolute Gasteiger partial charge is 0.396 e. The maximum absolute atomic E-state index is 9.38. The summed E-state index contributed by atoms with van der Waals surface area (Å²) in [6.07, 6.45) is 2.54. The molecule has 0 aromatic heterocycles. The van der Waals surface area contributed by atoms with E-state index in [1.165, 1.54) is 12.8 Å². The van der Waals surface area contributed by atoms with E-state index in [0.717, 1.165) is 32.2 Å². The van der Waals surface area contributed by atoms with E-state index in [4.69, 9.17) is 0 Å². The molecule has 2 rings (SSSR count). The minimum absolute atomic E-state index is 0.291. The third-order valence-corrected chi connectivity index (χ3v) is 4.22. The molecule has 0 unspecified atom stereocenters. The van der Waals surface area contributed by atoms with Gasteiger partial charge in [-0.15, -0.1) is 0 Å². The van der Waals surface area contributed by atoms with Gasteiger partial charge in [-0.05, 0) is 31.3 Å². The molecule has 2 aliphatic rings. The maximum atomic E-state index is 9.38. The molecule has 0 bridgehead atoms. The van der Waals surface area contributed by atoms with Crippen LogP contribution in [0.4, 0.5) is 0 Å². The molecule has 0 saturated carbocycles. The lowest BCUT2D eigenvalue weighted by atomic mass is 9.83. The second-order valence-corrected chi connectivity index (χ2v) is 5.78. The summed E-state index contributed by atoms with van der Waals surface area (Å²) in [5.41, 5.74) is 0.291. The topological polar surface area (TPSA) is 35.5 Å². The summed E-state index contributed by atoms with van der Waals surface area (Å²) in [6, 6.07) is 0.752. The van der Waals surface area contributed by atoms with E-state index >= 15 is 0 Å². The van der Waals surface area contributed by atoms with E-state index in [0.29, 0.717) is 17.9 Å². The zero-order chi connectivity index (χ0) is 10.9. The van der Waals surface area contributed by atoms with E-state index in [9.17, 15) is 5.11 Å². The lowest BCUT2D eigenvalue weighted by Crippen LogP contribution is -2.42. The van der Waals surface area contributed by atoms with Crippen LogP contribution in [0, 0.1) is 11.3 Å². The fraction of sp³-hybridized carbons (Fsp3) is 1.00. The molecule has 1 atom stereocenters. The Morgan fingerprint density at radius 1 is 1.33 bits per heavy atom. The predicted octanol–water partition coefficient (Wildman–Crippen LogP) is 0.689. The Morgan fingerprint density at radius 2 is 2.00 bits per heavy atom. The number of nitrogens with zero attached hydrogens (tertiary/aromatic N) is 1. The van der Waals surface area contributed by atoms with Crippen LogP contribution in [0.3, 0.4) is 0 Å². The molecule has 2 fully saturated rings. The summed E-state index contributed by atoms with van der Waals surface area (Å²) in [5, 5.41) is 12.8. The van der Waals surface area contributed by atoms with Crippen LogP contribution >= 0.6 is 0 Å². The Balaban J connectivity index is 1.95. The lowest BCUT2D eigenvalue weighted by molar-refractivity contribution is 0.160. The van der Waals surface area contributed by atoms with Gasteiger partial charge >= 0.3 is 0 Å². The first-order valence-corrected chi connectivity index (χ1v) is 6.19. The van der Waals surface area contributed by atoms with Crippen LogP contribution in [0.2, 0.25) is 0 Å². The van der Waals surface area contributed by atoms with Crippen molar-refractivity contribution < 1.29 is 5.11 Å². The van der Waals surface area contributed by atoms with Crippen LogP contribution in [0.1, 0.15) is 26.7 Å². The highest BCUT2D eigenvalue weighted by Crippen LogP contribution is 2.36. The van der Waals surface area contributed by atoms with Gasteiger partial charge in [0.25, 0.3) is 0 Å². The van der Waals surface area contributed by atoms with Gasteiger partial charge < -0.3 is 10.4 Å². The maximum Gasteiger partial charge on any atom is 0.0477 e. The van der Waals surface area contributed by atoms with Gasteiger partial charge in [-0.25, -0.2) is 0 Å². The van der Waals surface area contributed by atoms with Crippen molar-refractivity contribution in [1.29, 1.82) is 0 Å². The molecule has 0 amide bonds. The average molecular weight is 212 g/mol. The number of piperidine rings is 1. The van der Waals surface area contributed by atoms with Crippen molar-refractivity contribution in [2.75, 3.05) is 32.8 Å². The average Bonchev–Trinajstić information content (AvgIpc) is 2.55. The minimum Gasteiger partial charge on any atom is -0.396 e. The van der Waals surface area contributed by atoms with Crippen LogP contribution < -0.4 is 5.32 Å². The Morgan fingerprint density at radius 3 is 2.53 bits per heavy atom. The van der Waals surface area contributed by atoms with Crippen molar-refractivity contribution in [1.82, 2.24) is 10.2 Å². The van der Waals surface area contributed by atoms with Crippen molar-refractivity contribution in [3.8, 4) is 0 Å². The summed E-state index contributed by atoms with van der Waals surface area (Å²) in [6.45, 7) is 9.48. The summed E-state index contributed by atoms with van der Waals surface area (Å²) in [7, 11) is 0. The van der Waals surface area contributed by atoms with Crippen molar-refractivity contribution in [3.05, 3.63) is 0 Å². The molecule has 0 aromatic carbocycles. The van der Waals surface area contributed by atoms with E-state index in [2.05, 4.69) is 24.1 Å². The fourth-order valence-corrected chi connectivity index (χ4v) is 3.00. The molecule has 0 aromatic rings. The van der Waals surface area contributed by atoms with E-state index in [-0.39, 0.29) is 0 Å². The Kier molecular flexibility index (Phi) is 3.33. The molecular formula is C12H24N2O. The number of aliphatic hydroxyl groups is 1. The SMILES string of the molecule is CC1(C)CN(C2CCNCC2)C[C@H]1CO. The molecule has 0 radical (unpaired) electrons. The molecule has 2 saturated heterocycles. The van der Waals surface area contributed by atoms with Gasteiger partial charge in [-0.2, -0.15) is 0 Å². The minimum atomic E-state index is 0.291. The molecule has 0 aliphatic carbocycles. The monoisotopic (exact) mass is 212 g/mol. The molecule has 3 nitrogen and oxygen atoms in total. The van der Waals surface area contributed by atoms with Gasteiger partial charge in [0.05, 0.1) is 0 Å². The standard InChI is InChI=1S/C12H24N2O/c1-12(2)9-14(7-10(12)8-15)11-3-5-13-6-4-11/h10-11,13,15H,3-9H2,1-2H3/t10-/m0/s1. The second kappa shape index (κ2) is 4.40. The Labute approximate surface area is 92.8 Å². The zero-order valence-electron chi connectivity index (χ0n) is 10.00. The molecule has 88 valence electrons. The molecule has 2 heterocycles. The number of hydrogen-bond acceptors (Lipinski definition) is 3. The first-order valence-electron chi connectivity index (χ1n) is 6.19. The van der Waals surface area contributed by atoms with Gasteiger partial charge in [0, 0.05) is 31.7 Å². The fourth-order valence-electron chi connectivity index (χ4n) is 3.00. The number of nitrogens with one attached hydrogen (secondary N) is 1. The van der Waals surface area contributed by atoms with E-state index in [1.807, 2.05) is 0 Å². The normalized spacial score (nSPS) is 33.4. The molecule has 3 heteroatoms. The van der Waals surface area contributed by atoms with Crippen LogP contribution in [0.5, 0.6) is 0 Å². The van der Waals surface area contributed by atoms with Gasteiger partial charge in [-0.3, -0.25) is 4.90 Å². The smallest absolute Gasteiger partial charge is 0.0477 e. The summed E-state index contributed by atoms with van der Waals surface area (Å²) in [4.78, 5) is 2.60. The van der Waals surface area contributed by atoms with Crippen LogP contribution in [-0.4, -0.2) is 48.8 Å². The number of likely N-dealkylation sites (tertiary alicyclic amines) is 1. The third kappa shape index (κ3) is 2.35. The predicted molar refractivity (Wildman–Crippen MR) is 61.8 cm³/mol. The second-order valence-electron chi connectivity index (χ2n) is 5.78. The molecule has 2 N–H and O–H groups in total. The number of hydrogen-bond donors (Lipinski definition) is 2. The van der Waals surface area contributed by atoms with Crippen LogP contribution in [-0.2, 0) is 0 Å². The lowest BCUT2D eigenvalue weighted by Gasteiger charge is -2.32. The van der Waals surface area contributed by atoms with E-state index < -0.39 is 0 Å². The molecule has 0 spiro atoms. The quantitative estimate of drug-likeness (QED) is 0.707. The summed E-state index contributed by atoms with van der Waals surface area (Å²) in [5.74, 6) is 0.465. The molecule has 2 aliphatic heterocycles. The third-order valence-electron chi connectivity index (χ3n) is 4.22. The first kappa shape index (κ1) is 11.4. The first-order chi connectivity index (χ1) is 7.13. The highest BCUT2D eigenvalue weighted by molar-refractivity contribution is 4.93. The Bertz CT molecular complexity index is 212. The molecule has 15 heavy (non-hydrogen) atoms. The van der Waals surface area contributed by atoms with Crippen molar-refractivity contribution >= 4 is 0 Å². The van der Waals surface area contributed by atoms with Crippen LogP contribution in [0.15, 0.2) is 0 Å². The zero-order valence-corrected chi connectivity index (χ0v) is 10.00. The van der Waals surface area contributed by atoms with E-state index in [1.54, 1.807) is 0 Å². The highest BCUT2D eigenvalue weighted by atomic mass is 16.3. The van der Waals surface area contributed by atoms with Gasteiger partial charge in [0.15, 0.2) is 0 Å². The number of rotatable bonds is 2. The van der Waals surface area contributed by atoms with Gasteiger partial charge in [0.1, 0.15) is 0 Å². The van der Waals surface area contributed by atoms with Crippen LogP contribution in [0.25, 0.3) is 0 Å². The Hall–Kier alpha value is -0.120. The summed E-state index contributed by atoms with van der Waals surface area (Å²) < 4.78 is 0. The molecular weight excluding hydrogens is 188 g/mol. The number of aliphatic hydroxyl groups excluding tert-OH is 1. The van der Waals surface area contributed by atoms with Crippen molar-refractivity contribution in [3.63, 3.8) is 0 Å². The van der Waals surface area contributed by atoms with Crippen molar-refractivity contribution in [2.45, 2.75) is 32.7 Å². The summed E-state index contributed by atoms with van der Waals surface area (Å²) >= 11 is 0. The van der Waals surface area contributed by atoms with Crippen molar-refractivity contribution in [2.24, 2.45) is 11.3 Å². The van der Waals surface area contributed by atoms with Gasteiger partial charge in [-0.1, -0.05) is 13.8 Å².